The van der Waals surface area contributed by atoms with Crippen LogP contribution >= 0.6 is 0 Å². The number of aliphatic imine (C=N–C) groups is 2. The number of allylic oxidation sites excluding steroid dienone is 2. The molecule has 0 unspecified atom stereocenters. The van der Waals surface area contributed by atoms with Crippen molar-refractivity contribution in [1.82, 2.24) is 19.0 Å². The van der Waals surface area contributed by atoms with E-state index in [4.69, 9.17) is 25.2 Å². The topological polar surface area (TPSA) is 129 Å². The zero-order chi connectivity index (χ0) is 57.3. The van der Waals surface area contributed by atoms with Gasteiger partial charge < -0.3 is 34.3 Å². The molecular weight excluding hydrogens is 1050 g/mol. The van der Waals surface area contributed by atoms with Gasteiger partial charge in [0.15, 0.2) is 0 Å². The van der Waals surface area contributed by atoms with Gasteiger partial charge in [0.25, 0.3) is 0 Å². The second-order valence-electron chi connectivity index (χ2n) is 22.5. The molecule has 0 aliphatic carbocycles. The second kappa shape index (κ2) is 19.0. The summed E-state index contributed by atoms with van der Waals surface area (Å²) in [6, 6.07) is 84.0. The summed E-state index contributed by atoms with van der Waals surface area (Å²) in [6.45, 7) is 3.61. The number of furan rings is 1. The van der Waals surface area contributed by atoms with Crippen LogP contribution in [0.2, 0.25) is 0 Å². The number of fused-ring (bicyclic) bond motifs is 14. The van der Waals surface area contributed by atoms with E-state index in [0.29, 0.717) is 17.3 Å². The summed E-state index contributed by atoms with van der Waals surface area (Å²) in [6.07, 6.45) is 3.79. The summed E-state index contributed by atoms with van der Waals surface area (Å²) in [5.74, 6) is 1.58. The van der Waals surface area contributed by atoms with Crippen LogP contribution in [-0.4, -0.2) is 36.8 Å². The lowest BCUT2D eigenvalue weighted by Gasteiger charge is -2.22. The Kier molecular flexibility index (Phi) is 10.9. The van der Waals surface area contributed by atoms with Crippen molar-refractivity contribution in [3.63, 3.8) is 0 Å². The third-order valence-corrected chi connectivity index (χ3v) is 17.2. The summed E-state index contributed by atoms with van der Waals surface area (Å²) >= 11 is 0. The summed E-state index contributed by atoms with van der Waals surface area (Å²) in [4.78, 5) is 10.3. The molecule has 86 heavy (non-hydrogen) atoms. The lowest BCUT2D eigenvalue weighted by Crippen LogP contribution is -2.86. The first kappa shape index (κ1) is 49.2. The number of nitrogens with two attached hydrogens (primary N) is 1. The molecule has 2 aliphatic rings. The Bertz CT molecular complexity index is 5570. The maximum Gasteiger partial charge on any atom is 0.237 e. The molecule has 0 atom stereocenters. The van der Waals surface area contributed by atoms with E-state index in [1.807, 2.05) is 30.4 Å². The van der Waals surface area contributed by atoms with Crippen LogP contribution in [-0.2, 0) is 0 Å². The predicted molar refractivity (Wildman–Crippen MR) is 355 cm³/mol. The van der Waals surface area contributed by atoms with Crippen LogP contribution in [0.15, 0.2) is 263 Å². The molecule has 0 saturated carbocycles. The monoisotopic (exact) mass is 1110 g/mol. The molecule has 0 saturated heterocycles. The van der Waals surface area contributed by atoms with E-state index in [1.54, 1.807) is 13.8 Å². The molecular formula is C76H52N9O+. The number of para-hydroxylation sites is 6. The number of amidine groups is 2. The maximum atomic E-state index is 8.69. The van der Waals surface area contributed by atoms with Crippen LogP contribution in [0.25, 0.3) is 127 Å². The van der Waals surface area contributed by atoms with E-state index in [0.717, 1.165) is 134 Å². The third-order valence-electron chi connectivity index (χ3n) is 17.2. The van der Waals surface area contributed by atoms with Crippen LogP contribution in [0.3, 0.4) is 0 Å². The summed E-state index contributed by atoms with van der Waals surface area (Å²) in [7, 11) is 0. The Morgan fingerprint density at radius 1 is 0.407 bits per heavy atom. The first-order chi connectivity index (χ1) is 42.3. The molecule has 11 aromatic carbocycles. The fourth-order valence-corrected chi connectivity index (χ4v) is 13.4. The molecule has 406 valence electrons. The van der Waals surface area contributed by atoms with Gasteiger partial charge in [-0.2, -0.15) is 4.99 Å². The number of nitrogens with zero attached hydrogens (tertiary/aromatic N) is 5. The summed E-state index contributed by atoms with van der Waals surface area (Å²) in [5.41, 5.74) is 21.9. The van der Waals surface area contributed by atoms with E-state index in [9.17, 15) is 0 Å². The molecule has 15 aromatic rings. The molecule has 0 spiro atoms. The fourth-order valence-electron chi connectivity index (χ4n) is 13.4. The molecule has 0 bridgehead atoms. The number of quaternary nitrogens is 1. The molecule has 17 rings (SSSR count). The highest BCUT2D eigenvalue weighted by Gasteiger charge is 2.26. The molecule has 4 aromatic heterocycles. The van der Waals surface area contributed by atoms with E-state index >= 15 is 0 Å². The van der Waals surface area contributed by atoms with Crippen LogP contribution < -0.4 is 10.6 Å². The molecule has 0 fully saturated rings. The van der Waals surface area contributed by atoms with Crippen molar-refractivity contribution in [2.24, 2.45) is 9.98 Å². The molecule has 0 amide bonds. The first-order valence-corrected chi connectivity index (χ1v) is 29.0. The Morgan fingerprint density at radius 3 is 1.53 bits per heavy atom. The van der Waals surface area contributed by atoms with Gasteiger partial charge in [-0.05, 0) is 153 Å². The highest BCUT2D eigenvalue weighted by molar-refractivity contribution is 6.21. The Labute approximate surface area is 493 Å². The first-order valence-electron chi connectivity index (χ1n) is 29.0. The van der Waals surface area contributed by atoms with Gasteiger partial charge in [-0.15, -0.1) is 0 Å². The standard InChI is InChI=1S/C76H51N9O/c1-44(77)37-65-57-20-6-10-23-63(57)79-75(81-65)46-27-34-51(35-28-46)85-69-26-13-9-19-55(69)60-43-73-61(42-72(60)85)56-22-14-21-52(74(56)86-73)48-31-36-64-62(39-48)66(38-45(2)78)82-76(80-64)47-29-32-50(33-30-47)84-68-25-12-8-18-54(68)59-40-70-58(41-71(59)84)53-17-7-11-24-67(53)83(70)49-15-4-3-5-16-49/h3-43,77-78H,1-2H3,(H,79,81)(H,80,82)/p+1. The zero-order valence-corrected chi connectivity index (χ0v) is 46.9. The molecule has 10 heteroatoms. The van der Waals surface area contributed by atoms with E-state index in [2.05, 4.69) is 243 Å². The van der Waals surface area contributed by atoms with E-state index < -0.39 is 0 Å². The van der Waals surface area contributed by atoms with Gasteiger partial charge in [-0.25, -0.2) is 4.99 Å². The quantitative estimate of drug-likeness (QED) is 0.113. The minimum atomic E-state index is 0.427. The van der Waals surface area contributed by atoms with Gasteiger partial charge in [0.2, 0.25) is 5.84 Å². The number of rotatable bonds is 8. The second-order valence-corrected chi connectivity index (χ2v) is 22.5. The van der Waals surface area contributed by atoms with Crippen molar-refractivity contribution in [1.29, 1.82) is 10.8 Å². The molecule has 0 radical (unpaired) electrons. The molecule has 10 nitrogen and oxygen atoms in total. The lowest BCUT2D eigenvalue weighted by atomic mass is 9.96. The van der Waals surface area contributed by atoms with Crippen LogP contribution in [0, 0.1) is 10.8 Å². The van der Waals surface area contributed by atoms with Gasteiger partial charge in [-0.1, -0.05) is 109 Å². The van der Waals surface area contributed by atoms with Crippen molar-refractivity contribution >= 4 is 133 Å². The largest absolute Gasteiger partial charge is 0.455 e. The number of hydrogen-bond donors (Lipinski definition) is 4. The number of benzene rings is 11. The molecule has 2 aliphatic heterocycles. The lowest BCUT2D eigenvalue weighted by molar-refractivity contribution is -0.433. The minimum absolute atomic E-state index is 0.427. The van der Waals surface area contributed by atoms with Gasteiger partial charge >= 0.3 is 0 Å². The molecule has 6 heterocycles. The molecule has 5 N–H and O–H groups in total. The minimum Gasteiger partial charge on any atom is -0.455 e. The van der Waals surface area contributed by atoms with Crippen LogP contribution in [0.5, 0.6) is 0 Å². The van der Waals surface area contributed by atoms with Crippen LogP contribution in [0.4, 0.5) is 11.4 Å². The highest BCUT2D eigenvalue weighted by atomic mass is 16.3. The van der Waals surface area contributed by atoms with Gasteiger partial charge in [0, 0.05) is 94.3 Å². The number of aromatic nitrogens is 3. The van der Waals surface area contributed by atoms with Crippen molar-refractivity contribution in [3.05, 3.63) is 271 Å². The van der Waals surface area contributed by atoms with Crippen molar-refractivity contribution < 1.29 is 9.73 Å². The van der Waals surface area contributed by atoms with Gasteiger partial charge in [0.1, 0.15) is 22.7 Å². The smallest absolute Gasteiger partial charge is 0.237 e. The highest BCUT2D eigenvalue weighted by Crippen LogP contribution is 2.44. The van der Waals surface area contributed by atoms with Crippen molar-refractivity contribution in [2.45, 2.75) is 13.8 Å². The average molecular weight is 1110 g/mol. The van der Waals surface area contributed by atoms with Crippen molar-refractivity contribution in [3.8, 4) is 28.2 Å². The maximum absolute atomic E-state index is 8.69. The predicted octanol–water partition coefficient (Wildman–Crippen LogP) is 17.6. The van der Waals surface area contributed by atoms with E-state index in [1.165, 1.54) is 32.6 Å². The zero-order valence-electron chi connectivity index (χ0n) is 46.9. The number of nitrogens with one attached hydrogen (secondary N) is 3. The average Bonchev–Trinajstić information content (AvgIpc) is 1.67. The Balaban J connectivity index is 0.723. The van der Waals surface area contributed by atoms with Gasteiger partial charge in [-0.3, -0.25) is 5.32 Å². The van der Waals surface area contributed by atoms with Crippen molar-refractivity contribution in [2.75, 3.05) is 0 Å². The van der Waals surface area contributed by atoms with Crippen LogP contribution in [0.1, 0.15) is 36.1 Å². The summed E-state index contributed by atoms with van der Waals surface area (Å²) in [5, 5.41) is 31.8. The van der Waals surface area contributed by atoms with E-state index in [-0.39, 0.29) is 0 Å². The summed E-state index contributed by atoms with van der Waals surface area (Å²) < 4.78 is 14.1. The fraction of sp³-hybridized carbons (Fsp3) is 0.0263. The van der Waals surface area contributed by atoms with Gasteiger partial charge in [0.05, 0.1) is 61.3 Å². The third kappa shape index (κ3) is 7.70. The normalized spacial score (nSPS) is 14.3. The Hall–Kier alpha value is -11.5. The Morgan fingerprint density at radius 2 is 0.907 bits per heavy atom. The number of hydrogen-bond acceptors (Lipinski definition) is 6. The SMILES string of the molecule is CC(=N)C=C1NC(c2ccc(-n3c4ccccc4c4cc5c(cc43)c3ccccc3n5-c3ccccc3)cc2)=Nc2ccc(-c3cccc4c3oc3cc5c6ccccc6n(-c6ccc(C7=Nc8ccccc8C(=CC(C)=N)[NH2+]7)cc6)c5cc34)cc21.